The zero-order valence-electron chi connectivity index (χ0n) is 10.8. The molecule has 2 aromatic rings. The van der Waals surface area contributed by atoms with Crippen molar-refractivity contribution in [2.45, 2.75) is 18.9 Å². The van der Waals surface area contributed by atoms with Crippen LogP contribution >= 0.6 is 11.6 Å². The molecule has 6 heteroatoms. The highest BCUT2D eigenvalue weighted by atomic mass is 35.5. The Labute approximate surface area is 120 Å². The van der Waals surface area contributed by atoms with Crippen molar-refractivity contribution in [1.29, 1.82) is 0 Å². The molecule has 0 unspecified atom stereocenters. The first kappa shape index (κ1) is 12.0. The van der Waals surface area contributed by atoms with Crippen molar-refractivity contribution < 1.29 is 9.21 Å². The monoisotopic (exact) mass is 291 g/mol. The Kier molecular flexibility index (Phi) is 2.63. The summed E-state index contributed by atoms with van der Waals surface area (Å²) in [5, 5.41) is 3.66. The maximum Gasteiger partial charge on any atom is 0.298 e. The number of amides is 1. The first-order chi connectivity index (χ1) is 9.69. The number of anilines is 1. The number of carbonyl (C=O) groups excluding carboxylic acids is 1. The molecule has 5 nitrogen and oxygen atoms in total. The summed E-state index contributed by atoms with van der Waals surface area (Å²) in [6, 6.07) is 6.37. The second kappa shape index (κ2) is 4.38. The van der Waals surface area contributed by atoms with Gasteiger partial charge in [0.1, 0.15) is 5.52 Å². The lowest BCUT2D eigenvalue weighted by Gasteiger charge is -2.36. The first-order valence-electron chi connectivity index (χ1n) is 6.80. The van der Waals surface area contributed by atoms with Gasteiger partial charge in [0.05, 0.1) is 5.92 Å². The van der Waals surface area contributed by atoms with Crippen LogP contribution in [0, 0.1) is 5.92 Å². The van der Waals surface area contributed by atoms with Gasteiger partial charge in [0.2, 0.25) is 5.91 Å². The highest BCUT2D eigenvalue weighted by Gasteiger charge is 2.37. The molecule has 1 saturated heterocycles. The Morgan fingerprint density at radius 1 is 1.40 bits per heavy atom. The number of hydrogen-bond acceptors (Lipinski definition) is 4. The number of rotatable bonds is 3. The topological polar surface area (TPSA) is 58.4 Å². The molecule has 1 aromatic carbocycles. The van der Waals surface area contributed by atoms with Gasteiger partial charge in [0.25, 0.3) is 6.01 Å². The molecule has 1 amide bonds. The third-order valence-corrected chi connectivity index (χ3v) is 4.02. The lowest BCUT2D eigenvalue weighted by atomic mass is 10.00. The van der Waals surface area contributed by atoms with Gasteiger partial charge in [-0.25, -0.2) is 0 Å². The summed E-state index contributed by atoms with van der Waals surface area (Å²) < 4.78 is 5.67. The standard InChI is InChI=1S/C14H14ClN3O2/c15-9-1-4-11-12(5-9)20-14(17-11)18-6-8(7-18)13(19)16-10-2-3-10/h1,4-5,8,10H,2-3,6-7H2,(H,16,19). The lowest BCUT2D eigenvalue weighted by Crippen LogP contribution is -2.54. The molecule has 1 aliphatic carbocycles. The molecular formula is C14H14ClN3O2. The van der Waals surface area contributed by atoms with Gasteiger partial charge < -0.3 is 14.6 Å². The summed E-state index contributed by atoms with van der Waals surface area (Å²) in [6.45, 7) is 1.33. The Bertz CT molecular complexity index is 674. The first-order valence-corrected chi connectivity index (χ1v) is 7.18. The number of halogens is 1. The highest BCUT2D eigenvalue weighted by molar-refractivity contribution is 6.31. The molecule has 0 atom stereocenters. The summed E-state index contributed by atoms with van der Waals surface area (Å²) in [5.74, 6) is 0.206. The van der Waals surface area contributed by atoms with E-state index in [4.69, 9.17) is 16.0 Å². The zero-order chi connectivity index (χ0) is 13.7. The van der Waals surface area contributed by atoms with E-state index in [0.717, 1.165) is 18.4 Å². The van der Waals surface area contributed by atoms with Crippen LogP contribution in [0.1, 0.15) is 12.8 Å². The number of fused-ring (bicyclic) bond motifs is 1. The van der Waals surface area contributed by atoms with Gasteiger partial charge in [0.15, 0.2) is 5.58 Å². The van der Waals surface area contributed by atoms with E-state index < -0.39 is 0 Å². The van der Waals surface area contributed by atoms with Gasteiger partial charge in [-0.1, -0.05) is 11.6 Å². The highest BCUT2D eigenvalue weighted by Crippen LogP contribution is 2.29. The van der Waals surface area contributed by atoms with Crippen LogP contribution in [0.25, 0.3) is 11.1 Å². The fraction of sp³-hybridized carbons (Fsp3) is 0.429. The molecule has 0 bridgehead atoms. The number of aromatic nitrogens is 1. The van der Waals surface area contributed by atoms with Crippen molar-refractivity contribution in [2.75, 3.05) is 18.0 Å². The number of nitrogens with one attached hydrogen (secondary N) is 1. The molecule has 1 aromatic heterocycles. The van der Waals surface area contributed by atoms with Gasteiger partial charge in [-0.2, -0.15) is 4.98 Å². The second-order valence-electron chi connectivity index (χ2n) is 5.49. The summed E-state index contributed by atoms with van der Waals surface area (Å²) >= 11 is 5.92. The van der Waals surface area contributed by atoms with E-state index in [0.29, 0.717) is 35.8 Å². The van der Waals surface area contributed by atoms with E-state index >= 15 is 0 Å². The SMILES string of the molecule is O=C(NC1CC1)C1CN(c2nc3ccc(Cl)cc3o2)C1. The number of nitrogens with zero attached hydrogens (tertiary/aromatic N) is 2. The largest absolute Gasteiger partial charge is 0.423 e. The predicted octanol–water partition coefficient (Wildman–Crippen LogP) is 2.20. The molecule has 0 radical (unpaired) electrons. The van der Waals surface area contributed by atoms with Crippen LogP contribution in [0.15, 0.2) is 22.6 Å². The molecule has 1 saturated carbocycles. The normalized spacial score (nSPS) is 19.1. The van der Waals surface area contributed by atoms with Gasteiger partial charge in [-0.05, 0) is 25.0 Å². The van der Waals surface area contributed by atoms with Gasteiger partial charge in [-0.15, -0.1) is 0 Å². The van der Waals surface area contributed by atoms with Crippen LogP contribution in [0.2, 0.25) is 5.02 Å². The number of oxazole rings is 1. The van der Waals surface area contributed by atoms with Gasteiger partial charge in [0, 0.05) is 30.2 Å². The maximum absolute atomic E-state index is 11.9. The summed E-state index contributed by atoms with van der Waals surface area (Å²) in [7, 11) is 0. The Morgan fingerprint density at radius 2 is 2.20 bits per heavy atom. The van der Waals surface area contributed by atoms with E-state index in [2.05, 4.69) is 10.3 Å². The number of benzene rings is 1. The number of hydrogen-bond donors (Lipinski definition) is 1. The van der Waals surface area contributed by atoms with Gasteiger partial charge in [-0.3, -0.25) is 4.79 Å². The van der Waals surface area contributed by atoms with Crippen molar-refractivity contribution in [1.82, 2.24) is 10.3 Å². The van der Waals surface area contributed by atoms with Crippen LogP contribution in [0.4, 0.5) is 6.01 Å². The quantitative estimate of drug-likeness (QED) is 0.942. The smallest absolute Gasteiger partial charge is 0.298 e. The van der Waals surface area contributed by atoms with Crippen LogP contribution in [-0.2, 0) is 4.79 Å². The molecule has 4 rings (SSSR count). The second-order valence-corrected chi connectivity index (χ2v) is 5.93. The lowest BCUT2D eigenvalue weighted by molar-refractivity contribution is -0.125. The zero-order valence-corrected chi connectivity index (χ0v) is 11.6. The molecule has 1 aliphatic heterocycles. The van der Waals surface area contributed by atoms with Crippen molar-refractivity contribution in [3.8, 4) is 0 Å². The van der Waals surface area contributed by atoms with Crippen molar-refractivity contribution in [2.24, 2.45) is 5.92 Å². The minimum absolute atomic E-state index is 0.0502. The third kappa shape index (κ3) is 2.12. The van der Waals surface area contributed by atoms with E-state index in [1.54, 1.807) is 12.1 Å². The van der Waals surface area contributed by atoms with E-state index in [1.165, 1.54) is 0 Å². The molecule has 2 heterocycles. The van der Waals surface area contributed by atoms with E-state index in [9.17, 15) is 4.79 Å². The van der Waals surface area contributed by atoms with Crippen LogP contribution in [0.3, 0.4) is 0 Å². The minimum atomic E-state index is 0.0502. The van der Waals surface area contributed by atoms with Gasteiger partial charge >= 0.3 is 0 Å². The fourth-order valence-corrected chi connectivity index (χ4v) is 2.53. The summed E-state index contributed by atoms with van der Waals surface area (Å²) in [4.78, 5) is 18.3. The summed E-state index contributed by atoms with van der Waals surface area (Å²) in [6.07, 6.45) is 2.24. The predicted molar refractivity (Wildman–Crippen MR) is 75.9 cm³/mol. The van der Waals surface area contributed by atoms with E-state index in [-0.39, 0.29) is 11.8 Å². The number of carbonyl (C=O) groups is 1. The Hall–Kier alpha value is -1.75. The average Bonchev–Trinajstić information content (AvgIpc) is 3.05. The van der Waals surface area contributed by atoms with Crippen molar-refractivity contribution in [3.05, 3.63) is 23.2 Å². The maximum atomic E-state index is 11.9. The third-order valence-electron chi connectivity index (χ3n) is 3.79. The Morgan fingerprint density at radius 3 is 2.95 bits per heavy atom. The van der Waals surface area contributed by atoms with Crippen LogP contribution < -0.4 is 10.2 Å². The van der Waals surface area contributed by atoms with Crippen LogP contribution in [-0.4, -0.2) is 30.0 Å². The molecule has 2 aliphatic rings. The molecule has 1 N–H and O–H groups in total. The molecule has 2 fully saturated rings. The summed E-state index contributed by atoms with van der Waals surface area (Å²) in [5.41, 5.74) is 1.47. The van der Waals surface area contributed by atoms with E-state index in [1.807, 2.05) is 11.0 Å². The van der Waals surface area contributed by atoms with Crippen molar-refractivity contribution >= 4 is 34.6 Å². The molecular weight excluding hydrogens is 278 g/mol. The molecule has 104 valence electrons. The average molecular weight is 292 g/mol. The molecule has 20 heavy (non-hydrogen) atoms. The van der Waals surface area contributed by atoms with Crippen molar-refractivity contribution in [3.63, 3.8) is 0 Å². The Balaban J connectivity index is 1.44. The van der Waals surface area contributed by atoms with Crippen LogP contribution in [0.5, 0.6) is 0 Å². The molecule has 0 spiro atoms. The fourth-order valence-electron chi connectivity index (χ4n) is 2.37. The minimum Gasteiger partial charge on any atom is -0.423 e.